The molecule has 0 radical (unpaired) electrons. The molecule has 1 amide bonds. The summed E-state index contributed by atoms with van der Waals surface area (Å²) in [6.07, 6.45) is 0.870. The Morgan fingerprint density at radius 3 is 3.10 bits per heavy atom. The highest BCUT2D eigenvalue weighted by atomic mass is 16.5. The molecule has 0 spiro atoms. The lowest BCUT2D eigenvalue weighted by Crippen LogP contribution is -2.48. The topological polar surface area (TPSA) is 68.5 Å². The molecule has 5 nitrogen and oxygen atoms in total. The van der Waals surface area contributed by atoms with Crippen LogP contribution in [-0.4, -0.2) is 41.6 Å². The zero-order valence-electron chi connectivity index (χ0n) is 12.1. The van der Waals surface area contributed by atoms with Crippen LogP contribution in [0.2, 0.25) is 0 Å². The summed E-state index contributed by atoms with van der Waals surface area (Å²) in [6.45, 7) is 3.82. The average Bonchev–Trinajstić information content (AvgIpc) is 2.54. The number of fused-ring (bicyclic) bond motifs is 1. The number of nitrogens with two attached hydrogens (primary N) is 1. The highest BCUT2D eigenvalue weighted by Crippen LogP contribution is 2.22. The highest BCUT2D eigenvalue weighted by molar-refractivity contribution is 6.00. The normalized spacial score (nSPS) is 18.9. The van der Waals surface area contributed by atoms with E-state index in [1.54, 1.807) is 0 Å². The molecule has 1 aromatic carbocycles. The summed E-state index contributed by atoms with van der Waals surface area (Å²) in [5, 5.41) is 1.82. The van der Waals surface area contributed by atoms with E-state index in [2.05, 4.69) is 11.9 Å². The van der Waals surface area contributed by atoms with Crippen molar-refractivity contribution in [2.45, 2.75) is 19.4 Å². The van der Waals surface area contributed by atoms with Crippen molar-refractivity contribution in [3.8, 4) is 0 Å². The molecule has 1 aromatic heterocycles. The predicted octanol–water partition coefficient (Wildman–Crippen LogP) is 2.07. The molecular formula is C16H19N3O2. The van der Waals surface area contributed by atoms with Gasteiger partial charge in [-0.1, -0.05) is 31.2 Å². The molecule has 2 aromatic rings. The first-order chi connectivity index (χ1) is 10.2. The van der Waals surface area contributed by atoms with Gasteiger partial charge in [-0.2, -0.15) is 0 Å². The maximum absolute atomic E-state index is 12.7. The fourth-order valence-corrected chi connectivity index (χ4v) is 2.74. The molecule has 2 heterocycles. The largest absolute Gasteiger partial charge is 0.383 e. The van der Waals surface area contributed by atoms with Gasteiger partial charge in [0.25, 0.3) is 5.91 Å². The van der Waals surface area contributed by atoms with Crippen LogP contribution in [0.4, 0.5) is 5.82 Å². The Morgan fingerprint density at radius 1 is 1.48 bits per heavy atom. The zero-order chi connectivity index (χ0) is 14.8. The van der Waals surface area contributed by atoms with E-state index >= 15 is 0 Å². The molecule has 2 N–H and O–H groups in total. The van der Waals surface area contributed by atoms with E-state index < -0.39 is 0 Å². The quantitative estimate of drug-likeness (QED) is 0.917. The van der Waals surface area contributed by atoms with Crippen LogP contribution in [0.1, 0.15) is 23.8 Å². The molecule has 1 saturated heterocycles. The molecule has 5 heteroatoms. The maximum atomic E-state index is 12.7. The second-order valence-corrected chi connectivity index (χ2v) is 5.25. The van der Waals surface area contributed by atoms with Crippen LogP contribution >= 0.6 is 0 Å². The Balaban J connectivity index is 1.97. The van der Waals surface area contributed by atoms with Gasteiger partial charge in [0.05, 0.1) is 19.3 Å². The van der Waals surface area contributed by atoms with E-state index in [-0.39, 0.29) is 11.9 Å². The second kappa shape index (κ2) is 5.69. The molecule has 1 unspecified atom stereocenters. The van der Waals surface area contributed by atoms with Crippen molar-refractivity contribution < 1.29 is 9.53 Å². The van der Waals surface area contributed by atoms with Crippen molar-refractivity contribution in [3.05, 3.63) is 36.0 Å². The number of ether oxygens (including phenoxy) is 1. The van der Waals surface area contributed by atoms with Crippen LogP contribution in [-0.2, 0) is 4.74 Å². The summed E-state index contributed by atoms with van der Waals surface area (Å²) < 4.78 is 5.44. The van der Waals surface area contributed by atoms with Crippen LogP contribution in [0.3, 0.4) is 0 Å². The zero-order valence-corrected chi connectivity index (χ0v) is 12.1. The van der Waals surface area contributed by atoms with Crippen molar-refractivity contribution in [2.24, 2.45) is 0 Å². The van der Waals surface area contributed by atoms with Gasteiger partial charge in [0.2, 0.25) is 0 Å². The van der Waals surface area contributed by atoms with Gasteiger partial charge in [0.1, 0.15) is 11.5 Å². The van der Waals surface area contributed by atoms with Crippen LogP contribution in [0.25, 0.3) is 10.8 Å². The fourth-order valence-electron chi connectivity index (χ4n) is 2.74. The van der Waals surface area contributed by atoms with Gasteiger partial charge in [0.15, 0.2) is 0 Å². The first-order valence-electron chi connectivity index (χ1n) is 7.24. The maximum Gasteiger partial charge on any atom is 0.272 e. The van der Waals surface area contributed by atoms with E-state index in [0.29, 0.717) is 31.3 Å². The van der Waals surface area contributed by atoms with Gasteiger partial charge in [-0.3, -0.25) is 4.79 Å². The molecule has 1 aliphatic heterocycles. The van der Waals surface area contributed by atoms with Crippen molar-refractivity contribution in [2.75, 3.05) is 25.5 Å². The number of hydrogen-bond donors (Lipinski definition) is 1. The number of hydrogen-bond acceptors (Lipinski definition) is 4. The second-order valence-electron chi connectivity index (χ2n) is 5.25. The smallest absolute Gasteiger partial charge is 0.272 e. The molecule has 1 fully saturated rings. The number of nitrogen functional groups attached to an aromatic ring is 1. The van der Waals surface area contributed by atoms with Crippen LogP contribution in [0.5, 0.6) is 0 Å². The minimum Gasteiger partial charge on any atom is -0.383 e. The predicted molar refractivity (Wildman–Crippen MR) is 82.1 cm³/mol. The number of aromatic nitrogens is 1. The Labute approximate surface area is 123 Å². The van der Waals surface area contributed by atoms with Crippen LogP contribution in [0.15, 0.2) is 30.3 Å². The van der Waals surface area contributed by atoms with E-state index in [1.807, 2.05) is 35.2 Å². The molecule has 0 saturated carbocycles. The molecule has 21 heavy (non-hydrogen) atoms. The number of carbonyl (C=O) groups is 1. The Hall–Kier alpha value is -2.14. The Bertz CT molecular complexity index is 672. The summed E-state index contributed by atoms with van der Waals surface area (Å²) in [5.41, 5.74) is 6.39. The molecule has 1 aliphatic rings. The number of pyridine rings is 1. The van der Waals surface area contributed by atoms with Gasteiger partial charge in [-0.15, -0.1) is 0 Å². The number of benzene rings is 1. The minimum atomic E-state index is -0.0670. The van der Waals surface area contributed by atoms with Crippen molar-refractivity contribution in [3.63, 3.8) is 0 Å². The van der Waals surface area contributed by atoms with E-state index in [0.717, 1.165) is 17.2 Å². The fraction of sp³-hybridized carbons (Fsp3) is 0.375. The lowest BCUT2D eigenvalue weighted by atomic mass is 10.1. The molecule has 110 valence electrons. The number of nitrogens with zero attached hydrogens (tertiary/aromatic N) is 2. The third-order valence-electron chi connectivity index (χ3n) is 3.95. The molecular weight excluding hydrogens is 266 g/mol. The summed E-state index contributed by atoms with van der Waals surface area (Å²) >= 11 is 0. The SMILES string of the molecule is CCC1COCCN1C(=O)c1cc2ccccc2c(N)n1. The summed E-state index contributed by atoms with van der Waals surface area (Å²) in [7, 11) is 0. The summed E-state index contributed by atoms with van der Waals surface area (Å²) in [6, 6.07) is 9.63. The Morgan fingerprint density at radius 2 is 2.29 bits per heavy atom. The van der Waals surface area contributed by atoms with Crippen molar-refractivity contribution >= 4 is 22.5 Å². The van der Waals surface area contributed by atoms with Gasteiger partial charge in [0, 0.05) is 11.9 Å². The minimum absolute atomic E-state index is 0.0670. The molecule has 3 rings (SSSR count). The van der Waals surface area contributed by atoms with Gasteiger partial charge in [-0.05, 0) is 17.9 Å². The van der Waals surface area contributed by atoms with Crippen molar-refractivity contribution in [1.29, 1.82) is 0 Å². The lowest BCUT2D eigenvalue weighted by Gasteiger charge is -2.34. The van der Waals surface area contributed by atoms with Crippen LogP contribution < -0.4 is 5.73 Å². The van der Waals surface area contributed by atoms with Gasteiger partial charge < -0.3 is 15.4 Å². The third-order valence-corrected chi connectivity index (χ3v) is 3.95. The number of anilines is 1. The Kier molecular flexibility index (Phi) is 3.75. The number of amides is 1. The molecule has 0 bridgehead atoms. The van der Waals surface area contributed by atoms with Crippen LogP contribution in [0, 0.1) is 0 Å². The van der Waals surface area contributed by atoms with Gasteiger partial charge in [-0.25, -0.2) is 4.98 Å². The van der Waals surface area contributed by atoms with Crippen molar-refractivity contribution in [1.82, 2.24) is 9.88 Å². The molecule has 1 atom stereocenters. The van der Waals surface area contributed by atoms with E-state index in [9.17, 15) is 4.79 Å². The number of morpholine rings is 1. The lowest BCUT2D eigenvalue weighted by molar-refractivity contribution is -0.00308. The average molecular weight is 285 g/mol. The number of rotatable bonds is 2. The summed E-state index contributed by atoms with van der Waals surface area (Å²) in [5.74, 6) is 0.334. The number of carbonyl (C=O) groups excluding carboxylic acids is 1. The monoisotopic (exact) mass is 285 g/mol. The first-order valence-corrected chi connectivity index (χ1v) is 7.24. The third kappa shape index (κ3) is 2.56. The first kappa shape index (κ1) is 13.8. The summed E-state index contributed by atoms with van der Waals surface area (Å²) in [4.78, 5) is 18.9. The van der Waals surface area contributed by atoms with E-state index in [1.165, 1.54) is 0 Å². The molecule has 0 aliphatic carbocycles. The van der Waals surface area contributed by atoms with E-state index in [4.69, 9.17) is 10.5 Å². The standard InChI is InChI=1S/C16H19N3O2/c1-2-12-10-21-8-7-19(12)16(20)14-9-11-5-3-4-6-13(11)15(17)18-14/h3-6,9,12H,2,7-8,10H2,1H3,(H2,17,18). The van der Waals surface area contributed by atoms with Gasteiger partial charge >= 0.3 is 0 Å². The highest BCUT2D eigenvalue weighted by Gasteiger charge is 2.27.